The summed E-state index contributed by atoms with van der Waals surface area (Å²) in [5.74, 6) is -0.276. The lowest BCUT2D eigenvalue weighted by molar-refractivity contribution is 0.104. The summed E-state index contributed by atoms with van der Waals surface area (Å²) in [6.07, 6.45) is 3.30. The maximum atomic E-state index is 12.8. The monoisotopic (exact) mass is 348 g/mol. The van der Waals surface area contributed by atoms with Crippen LogP contribution in [0.1, 0.15) is 15.9 Å². The van der Waals surface area contributed by atoms with Crippen LogP contribution < -0.4 is 0 Å². The first kappa shape index (κ1) is 16.6. The predicted octanol–water partition coefficient (Wildman–Crippen LogP) is 5.62. The number of rotatable bonds is 4. The average molecular weight is 348 g/mol. The van der Waals surface area contributed by atoms with E-state index in [1.165, 1.54) is 0 Å². The summed E-state index contributed by atoms with van der Waals surface area (Å²) in [4.78, 5) is 15.9. The molecule has 3 aromatic carbocycles. The quantitative estimate of drug-likeness (QED) is 0.295. The Labute approximate surface area is 157 Å². The molecule has 0 atom stereocenters. The Bertz CT molecular complexity index is 1180. The van der Waals surface area contributed by atoms with Gasteiger partial charge in [-0.15, -0.1) is 0 Å². The van der Waals surface area contributed by atoms with Crippen molar-refractivity contribution in [2.45, 2.75) is 0 Å². The zero-order valence-corrected chi connectivity index (χ0v) is 14.5. The minimum absolute atomic E-state index is 0.118. The molecule has 3 heteroatoms. The van der Waals surface area contributed by atoms with Gasteiger partial charge in [0.1, 0.15) is 11.6 Å². The minimum atomic E-state index is -0.276. The summed E-state index contributed by atoms with van der Waals surface area (Å²) in [6.45, 7) is 0. The Morgan fingerprint density at radius 1 is 0.852 bits per heavy atom. The van der Waals surface area contributed by atoms with Crippen molar-refractivity contribution in [2.75, 3.05) is 0 Å². The van der Waals surface area contributed by atoms with Crippen molar-refractivity contribution in [2.24, 2.45) is 0 Å². The van der Waals surface area contributed by atoms with E-state index in [9.17, 15) is 10.1 Å². The Kier molecular flexibility index (Phi) is 4.38. The third-order valence-corrected chi connectivity index (χ3v) is 4.53. The number of hydrogen-bond donors (Lipinski definition) is 1. The fourth-order valence-corrected chi connectivity index (χ4v) is 3.12. The maximum Gasteiger partial charge on any atom is 0.205 e. The molecule has 0 saturated heterocycles. The smallest absolute Gasteiger partial charge is 0.205 e. The Balaban J connectivity index is 1.65. The third-order valence-electron chi connectivity index (χ3n) is 4.53. The SMILES string of the molecule is N#C/C(=C\c1ccc(-c2ccccc2)cc1)C(=O)c1c[nH]c2ccccc12. The molecule has 0 bridgehead atoms. The fourth-order valence-electron chi connectivity index (χ4n) is 3.12. The normalized spacial score (nSPS) is 11.3. The molecule has 0 aliphatic rings. The molecule has 0 fully saturated rings. The molecule has 0 saturated carbocycles. The summed E-state index contributed by atoms with van der Waals surface area (Å²) >= 11 is 0. The molecule has 4 rings (SSSR count). The Morgan fingerprint density at radius 2 is 1.52 bits per heavy atom. The van der Waals surface area contributed by atoms with Crippen LogP contribution in [0.4, 0.5) is 0 Å². The molecule has 128 valence electrons. The highest BCUT2D eigenvalue weighted by Crippen LogP contribution is 2.23. The molecular weight excluding hydrogens is 332 g/mol. The van der Waals surface area contributed by atoms with Gasteiger partial charge in [-0.1, -0.05) is 72.8 Å². The van der Waals surface area contributed by atoms with Crippen molar-refractivity contribution in [3.63, 3.8) is 0 Å². The van der Waals surface area contributed by atoms with E-state index in [2.05, 4.69) is 4.98 Å². The summed E-state index contributed by atoms with van der Waals surface area (Å²) < 4.78 is 0. The second-order valence-corrected chi connectivity index (χ2v) is 6.23. The van der Waals surface area contributed by atoms with E-state index in [0.29, 0.717) is 5.56 Å². The number of carbonyl (C=O) groups excluding carboxylic acids is 1. The number of nitrogens with one attached hydrogen (secondary N) is 1. The maximum absolute atomic E-state index is 12.8. The molecule has 4 aromatic rings. The van der Waals surface area contributed by atoms with Crippen LogP contribution in [0.5, 0.6) is 0 Å². The number of fused-ring (bicyclic) bond motifs is 1. The number of aromatic nitrogens is 1. The molecule has 1 N–H and O–H groups in total. The molecule has 27 heavy (non-hydrogen) atoms. The molecule has 1 aromatic heterocycles. The number of nitrogens with zero attached hydrogens (tertiary/aromatic N) is 1. The second-order valence-electron chi connectivity index (χ2n) is 6.23. The molecular formula is C24H16N2O. The van der Waals surface area contributed by atoms with Crippen LogP contribution in [0.2, 0.25) is 0 Å². The van der Waals surface area contributed by atoms with Crippen molar-refractivity contribution in [1.29, 1.82) is 5.26 Å². The molecule has 0 spiro atoms. The number of allylic oxidation sites excluding steroid dienone is 1. The lowest BCUT2D eigenvalue weighted by atomic mass is 10.00. The van der Waals surface area contributed by atoms with Crippen LogP contribution >= 0.6 is 0 Å². The molecule has 0 unspecified atom stereocenters. The largest absolute Gasteiger partial charge is 0.360 e. The van der Waals surface area contributed by atoms with Crippen LogP contribution in [-0.2, 0) is 0 Å². The van der Waals surface area contributed by atoms with E-state index in [-0.39, 0.29) is 11.4 Å². The first-order valence-corrected chi connectivity index (χ1v) is 8.64. The van der Waals surface area contributed by atoms with Crippen molar-refractivity contribution in [3.8, 4) is 17.2 Å². The number of Topliss-reactive ketones (excluding diaryl/α,β-unsaturated/α-hetero) is 1. The molecule has 0 aliphatic heterocycles. The van der Waals surface area contributed by atoms with E-state index >= 15 is 0 Å². The van der Waals surface area contributed by atoms with Gasteiger partial charge < -0.3 is 4.98 Å². The van der Waals surface area contributed by atoms with E-state index in [1.54, 1.807) is 12.3 Å². The highest BCUT2D eigenvalue weighted by Gasteiger charge is 2.16. The topological polar surface area (TPSA) is 56.6 Å². The van der Waals surface area contributed by atoms with Crippen molar-refractivity contribution >= 4 is 22.8 Å². The number of benzene rings is 3. The van der Waals surface area contributed by atoms with E-state index in [4.69, 9.17) is 0 Å². The molecule has 0 aliphatic carbocycles. The minimum Gasteiger partial charge on any atom is -0.360 e. The zero-order valence-electron chi connectivity index (χ0n) is 14.5. The lowest BCUT2D eigenvalue weighted by Crippen LogP contribution is -2.01. The highest BCUT2D eigenvalue weighted by molar-refractivity contribution is 6.19. The summed E-state index contributed by atoms with van der Waals surface area (Å²) in [5, 5.41) is 10.3. The average Bonchev–Trinajstić information content (AvgIpc) is 3.17. The first-order chi connectivity index (χ1) is 13.3. The van der Waals surface area contributed by atoms with Gasteiger partial charge in [0.15, 0.2) is 0 Å². The second kappa shape index (κ2) is 7.15. The van der Waals surface area contributed by atoms with Crippen LogP contribution in [-0.4, -0.2) is 10.8 Å². The molecule has 0 radical (unpaired) electrons. The van der Waals surface area contributed by atoms with Gasteiger partial charge in [0.05, 0.1) is 0 Å². The number of hydrogen-bond acceptors (Lipinski definition) is 2. The molecule has 1 heterocycles. The van der Waals surface area contributed by atoms with Crippen molar-refractivity contribution in [3.05, 3.63) is 102 Å². The van der Waals surface area contributed by atoms with Crippen LogP contribution in [0, 0.1) is 11.3 Å². The van der Waals surface area contributed by atoms with Gasteiger partial charge in [0.2, 0.25) is 5.78 Å². The number of nitriles is 1. The number of aromatic amines is 1. The van der Waals surface area contributed by atoms with Gasteiger partial charge >= 0.3 is 0 Å². The van der Waals surface area contributed by atoms with Crippen molar-refractivity contribution < 1.29 is 4.79 Å². The first-order valence-electron chi connectivity index (χ1n) is 8.64. The van der Waals surface area contributed by atoms with E-state index in [0.717, 1.165) is 27.6 Å². The number of ketones is 1. The summed E-state index contributed by atoms with van der Waals surface area (Å²) in [5.41, 5.74) is 4.55. The van der Waals surface area contributed by atoms with Gasteiger partial charge in [-0.25, -0.2) is 0 Å². The Morgan fingerprint density at radius 3 is 2.26 bits per heavy atom. The van der Waals surface area contributed by atoms with Gasteiger partial charge in [-0.3, -0.25) is 4.79 Å². The van der Waals surface area contributed by atoms with Gasteiger partial charge in [-0.05, 0) is 28.8 Å². The van der Waals surface area contributed by atoms with E-state index in [1.807, 2.05) is 84.9 Å². The number of H-pyrrole nitrogens is 1. The van der Waals surface area contributed by atoms with E-state index < -0.39 is 0 Å². The molecule has 0 amide bonds. The standard InChI is InChI=1S/C24H16N2O/c25-15-20(24(27)22-16-26-23-9-5-4-8-21(22)23)14-17-10-12-19(13-11-17)18-6-2-1-3-7-18/h1-14,16,26H/b20-14+. The van der Waals surface area contributed by atoms with Gasteiger partial charge in [0, 0.05) is 22.7 Å². The third kappa shape index (κ3) is 3.29. The summed E-state index contributed by atoms with van der Waals surface area (Å²) in [7, 11) is 0. The van der Waals surface area contributed by atoms with Crippen LogP contribution in [0.15, 0.2) is 90.6 Å². The zero-order chi connectivity index (χ0) is 18.6. The molecule has 3 nitrogen and oxygen atoms in total. The Hall–Kier alpha value is -3.90. The van der Waals surface area contributed by atoms with Crippen LogP contribution in [0.25, 0.3) is 28.1 Å². The van der Waals surface area contributed by atoms with Crippen LogP contribution in [0.3, 0.4) is 0 Å². The number of para-hydroxylation sites is 1. The number of carbonyl (C=O) groups is 1. The predicted molar refractivity (Wildman–Crippen MR) is 108 cm³/mol. The highest BCUT2D eigenvalue weighted by atomic mass is 16.1. The van der Waals surface area contributed by atoms with Gasteiger partial charge in [-0.2, -0.15) is 5.26 Å². The fraction of sp³-hybridized carbons (Fsp3) is 0. The lowest BCUT2D eigenvalue weighted by Gasteiger charge is -2.03. The van der Waals surface area contributed by atoms with Crippen molar-refractivity contribution in [1.82, 2.24) is 4.98 Å². The van der Waals surface area contributed by atoms with Gasteiger partial charge in [0.25, 0.3) is 0 Å². The summed E-state index contributed by atoms with van der Waals surface area (Å²) in [6, 6.07) is 27.5.